The van der Waals surface area contributed by atoms with Gasteiger partial charge in [0.25, 0.3) is 5.91 Å². The average molecular weight is 342 g/mol. The number of hydrogen-bond acceptors (Lipinski definition) is 4. The van der Waals surface area contributed by atoms with Crippen LogP contribution in [0.5, 0.6) is 0 Å². The van der Waals surface area contributed by atoms with Gasteiger partial charge in [-0.3, -0.25) is 9.48 Å². The van der Waals surface area contributed by atoms with Crippen molar-refractivity contribution >= 4 is 5.91 Å². The molecule has 1 saturated heterocycles. The summed E-state index contributed by atoms with van der Waals surface area (Å²) in [7, 11) is 0. The first-order valence-electron chi connectivity index (χ1n) is 9.33. The van der Waals surface area contributed by atoms with E-state index < -0.39 is 0 Å². The lowest BCUT2D eigenvalue weighted by Gasteiger charge is -2.28. The fraction of sp³-hybridized carbons (Fsp3) is 0.667. The van der Waals surface area contributed by atoms with Gasteiger partial charge in [-0.25, -0.2) is 0 Å². The molecule has 1 amide bonds. The van der Waals surface area contributed by atoms with E-state index in [9.17, 15) is 4.79 Å². The Labute approximate surface area is 148 Å². The molecule has 134 valence electrons. The maximum atomic E-state index is 13.2. The maximum absolute atomic E-state index is 13.2. The molecule has 4 heterocycles. The summed E-state index contributed by atoms with van der Waals surface area (Å²) >= 11 is 0. The van der Waals surface area contributed by atoms with Crippen LogP contribution in [0.1, 0.15) is 55.8 Å². The Balaban J connectivity index is 1.63. The Kier molecular flexibility index (Phi) is 4.09. The fourth-order valence-corrected chi connectivity index (χ4v) is 4.24. The summed E-state index contributed by atoms with van der Waals surface area (Å²) < 4.78 is 4.05. The molecular weight excluding hydrogens is 316 g/mol. The molecule has 7 nitrogen and oxygen atoms in total. The molecule has 2 atom stereocenters. The van der Waals surface area contributed by atoms with Crippen LogP contribution in [0.15, 0.2) is 12.3 Å². The SMILES string of the molecule is CCn1nccc1C(=O)N1C2CCC1Cn1c(CC(C)C)nnc1C2. The standard InChI is InChI=1S/C18H26N6O/c1-4-23-15(7-8-19-23)18(25)24-13-5-6-14(24)11-22-16(9-12(2)3)20-21-17(22)10-13/h7-8,12-14H,4-6,9-11H2,1-3H3. The molecule has 0 saturated carbocycles. The maximum Gasteiger partial charge on any atom is 0.272 e. The molecule has 0 aromatic carbocycles. The summed E-state index contributed by atoms with van der Waals surface area (Å²) in [5.41, 5.74) is 0.694. The average Bonchev–Trinajstić information content (AvgIpc) is 3.24. The highest BCUT2D eigenvalue weighted by atomic mass is 16.2. The summed E-state index contributed by atoms with van der Waals surface area (Å²) in [6.07, 6.45) is 5.54. The number of amides is 1. The van der Waals surface area contributed by atoms with E-state index in [1.165, 1.54) is 0 Å². The van der Waals surface area contributed by atoms with Gasteiger partial charge in [-0.2, -0.15) is 5.10 Å². The molecule has 2 aromatic rings. The Hall–Kier alpha value is -2.18. The molecule has 2 unspecified atom stereocenters. The third kappa shape index (κ3) is 2.75. The van der Waals surface area contributed by atoms with Crippen LogP contribution in [0.4, 0.5) is 0 Å². The lowest BCUT2D eigenvalue weighted by atomic mass is 10.1. The highest BCUT2D eigenvalue weighted by molar-refractivity contribution is 5.93. The number of rotatable bonds is 4. The number of carbonyl (C=O) groups excluding carboxylic acids is 1. The molecule has 25 heavy (non-hydrogen) atoms. The van der Waals surface area contributed by atoms with Gasteiger partial charge in [0.1, 0.15) is 17.3 Å². The van der Waals surface area contributed by atoms with Gasteiger partial charge >= 0.3 is 0 Å². The lowest BCUT2D eigenvalue weighted by molar-refractivity contribution is 0.0652. The molecular formula is C18H26N6O. The van der Waals surface area contributed by atoms with Crippen molar-refractivity contribution in [1.29, 1.82) is 0 Å². The first kappa shape index (κ1) is 16.3. The molecule has 0 radical (unpaired) electrons. The van der Waals surface area contributed by atoms with Crippen LogP contribution in [-0.4, -0.2) is 47.4 Å². The molecule has 1 fully saturated rings. The number of aryl methyl sites for hydroxylation is 1. The molecule has 2 aromatic heterocycles. The lowest BCUT2D eigenvalue weighted by Crippen LogP contribution is -2.43. The molecule has 2 bridgehead atoms. The van der Waals surface area contributed by atoms with Crippen molar-refractivity contribution in [3.05, 3.63) is 29.6 Å². The minimum Gasteiger partial charge on any atom is -0.329 e. The molecule has 7 heteroatoms. The number of hydrogen-bond donors (Lipinski definition) is 0. The Bertz CT molecular complexity index is 776. The molecule has 0 N–H and O–H groups in total. The second-order valence-corrected chi connectivity index (χ2v) is 7.57. The zero-order valence-corrected chi connectivity index (χ0v) is 15.2. The van der Waals surface area contributed by atoms with Gasteiger partial charge in [-0.05, 0) is 31.7 Å². The second kappa shape index (κ2) is 6.28. The third-order valence-electron chi connectivity index (χ3n) is 5.40. The van der Waals surface area contributed by atoms with E-state index in [0.29, 0.717) is 18.2 Å². The first-order chi connectivity index (χ1) is 12.1. The Morgan fingerprint density at radius 2 is 2.08 bits per heavy atom. The minimum atomic E-state index is 0.107. The van der Waals surface area contributed by atoms with Crippen LogP contribution in [0, 0.1) is 5.92 Å². The van der Waals surface area contributed by atoms with Crippen molar-refractivity contribution in [2.75, 3.05) is 0 Å². The van der Waals surface area contributed by atoms with Crippen molar-refractivity contribution in [3.8, 4) is 0 Å². The topological polar surface area (TPSA) is 68.8 Å². The van der Waals surface area contributed by atoms with Crippen LogP contribution in [0.2, 0.25) is 0 Å². The molecule has 2 aliphatic heterocycles. The van der Waals surface area contributed by atoms with Gasteiger partial charge in [0.05, 0.1) is 6.04 Å². The van der Waals surface area contributed by atoms with E-state index in [4.69, 9.17) is 0 Å². The van der Waals surface area contributed by atoms with Crippen LogP contribution < -0.4 is 0 Å². The van der Waals surface area contributed by atoms with E-state index in [1.807, 2.05) is 13.0 Å². The first-order valence-corrected chi connectivity index (χ1v) is 9.33. The minimum absolute atomic E-state index is 0.107. The quantitative estimate of drug-likeness (QED) is 0.851. The number of nitrogens with zero attached hydrogens (tertiary/aromatic N) is 6. The predicted octanol–water partition coefficient (Wildman–Crippen LogP) is 1.92. The number of aromatic nitrogens is 5. The summed E-state index contributed by atoms with van der Waals surface area (Å²) in [5.74, 6) is 2.74. The Morgan fingerprint density at radius 1 is 1.28 bits per heavy atom. The van der Waals surface area contributed by atoms with Gasteiger partial charge in [-0.1, -0.05) is 13.8 Å². The fourth-order valence-electron chi connectivity index (χ4n) is 4.24. The van der Waals surface area contributed by atoms with E-state index in [2.05, 4.69) is 38.6 Å². The summed E-state index contributed by atoms with van der Waals surface area (Å²) in [6.45, 7) is 7.94. The molecule has 0 aliphatic carbocycles. The van der Waals surface area contributed by atoms with Gasteiger partial charge in [0, 0.05) is 38.2 Å². The molecule has 2 aliphatic rings. The monoisotopic (exact) mass is 342 g/mol. The van der Waals surface area contributed by atoms with Gasteiger partial charge < -0.3 is 9.47 Å². The van der Waals surface area contributed by atoms with E-state index >= 15 is 0 Å². The van der Waals surface area contributed by atoms with Crippen LogP contribution in [0.25, 0.3) is 0 Å². The summed E-state index contributed by atoms with van der Waals surface area (Å²) in [6, 6.07) is 2.27. The van der Waals surface area contributed by atoms with Crippen LogP contribution >= 0.6 is 0 Å². The van der Waals surface area contributed by atoms with Crippen LogP contribution in [0.3, 0.4) is 0 Å². The summed E-state index contributed by atoms with van der Waals surface area (Å²) in [4.78, 5) is 15.3. The summed E-state index contributed by atoms with van der Waals surface area (Å²) in [5, 5.41) is 13.1. The zero-order valence-electron chi connectivity index (χ0n) is 15.2. The van der Waals surface area contributed by atoms with Gasteiger partial charge in [0.2, 0.25) is 0 Å². The third-order valence-corrected chi connectivity index (χ3v) is 5.40. The number of fused-ring (bicyclic) bond motifs is 3. The van der Waals surface area contributed by atoms with Crippen LogP contribution in [-0.2, 0) is 25.9 Å². The van der Waals surface area contributed by atoms with Crippen molar-refractivity contribution < 1.29 is 4.79 Å². The normalized spacial score (nSPS) is 22.3. The van der Waals surface area contributed by atoms with Crippen molar-refractivity contribution in [2.24, 2.45) is 5.92 Å². The predicted molar refractivity (Wildman–Crippen MR) is 93.1 cm³/mol. The molecule has 4 rings (SSSR count). The van der Waals surface area contributed by atoms with Crippen molar-refractivity contribution in [3.63, 3.8) is 0 Å². The highest BCUT2D eigenvalue weighted by Crippen LogP contribution is 2.33. The van der Waals surface area contributed by atoms with Crippen molar-refractivity contribution in [2.45, 2.75) is 71.6 Å². The highest BCUT2D eigenvalue weighted by Gasteiger charge is 2.42. The molecule has 0 spiro atoms. The van der Waals surface area contributed by atoms with E-state index in [1.54, 1.807) is 10.9 Å². The Morgan fingerprint density at radius 3 is 2.84 bits per heavy atom. The smallest absolute Gasteiger partial charge is 0.272 e. The van der Waals surface area contributed by atoms with E-state index in [0.717, 1.165) is 43.9 Å². The van der Waals surface area contributed by atoms with Gasteiger partial charge in [0.15, 0.2) is 0 Å². The van der Waals surface area contributed by atoms with E-state index in [-0.39, 0.29) is 18.0 Å². The van der Waals surface area contributed by atoms with Gasteiger partial charge in [-0.15, -0.1) is 10.2 Å². The zero-order chi connectivity index (χ0) is 17.6. The second-order valence-electron chi connectivity index (χ2n) is 7.57. The largest absolute Gasteiger partial charge is 0.329 e. The number of carbonyl (C=O) groups is 1. The van der Waals surface area contributed by atoms with Crippen molar-refractivity contribution in [1.82, 2.24) is 29.4 Å².